The minimum absolute atomic E-state index is 0.114. The second kappa shape index (κ2) is 6.35. The summed E-state index contributed by atoms with van der Waals surface area (Å²) in [5.41, 5.74) is 0.978. The molecule has 5 nitrogen and oxygen atoms in total. The van der Waals surface area contributed by atoms with E-state index in [9.17, 15) is 16.8 Å². The molecule has 2 aliphatic rings. The number of rotatable bonds is 4. The molecule has 0 radical (unpaired) electrons. The molecule has 1 aromatic carbocycles. The predicted molar refractivity (Wildman–Crippen MR) is 91.1 cm³/mol. The normalized spacial score (nSPS) is 29.1. The van der Waals surface area contributed by atoms with Crippen LogP contribution >= 0.6 is 11.6 Å². The monoisotopic (exact) mass is 377 g/mol. The summed E-state index contributed by atoms with van der Waals surface area (Å²) in [6.45, 7) is 0.529. The van der Waals surface area contributed by atoms with Crippen molar-refractivity contribution in [2.24, 2.45) is 0 Å². The summed E-state index contributed by atoms with van der Waals surface area (Å²) < 4.78 is 47.3. The van der Waals surface area contributed by atoms with E-state index < -0.39 is 19.7 Å². The van der Waals surface area contributed by atoms with Gasteiger partial charge in [-0.3, -0.25) is 4.90 Å². The van der Waals surface area contributed by atoms with E-state index in [1.165, 1.54) is 0 Å². The van der Waals surface area contributed by atoms with Crippen molar-refractivity contribution in [1.29, 1.82) is 0 Å². The van der Waals surface area contributed by atoms with Crippen LogP contribution in [0.1, 0.15) is 18.4 Å². The lowest BCUT2D eigenvalue weighted by molar-refractivity contribution is 0.150. The van der Waals surface area contributed by atoms with Crippen LogP contribution in [0.15, 0.2) is 24.3 Å². The average Bonchev–Trinajstić information content (AvgIpc) is 2.98. The molecule has 0 aliphatic carbocycles. The molecule has 0 aromatic heterocycles. The van der Waals surface area contributed by atoms with Crippen molar-refractivity contribution in [2.45, 2.75) is 31.5 Å². The van der Waals surface area contributed by atoms with Gasteiger partial charge in [0.15, 0.2) is 19.7 Å². The van der Waals surface area contributed by atoms with Crippen LogP contribution in [0.3, 0.4) is 0 Å². The van der Waals surface area contributed by atoms with E-state index in [0.29, 0.717) is 24.4 Å². The second-order valence-electron chi connectivity index (χ2n) is 6.42. The van der Waals surface area contributed by atoms with Crippen molar-refractivity contribution in [1.82, 2.24) is 4.90 Å². The van der Waals surface area contributed by atoms with Gasteiger partial charge in [-0.15, -0.1) is 0 Å². The first-order chi connectivity index (χ1) is 10.7. The molecule has 2 aliphatic heterocycles. The van der Waals surface area contributed by atoms with Crippen LogP contribution in [-0.2, 0) is 26.2 Å². The first kappa shape index (κ1) is 17.2. The Morgan fingerprint density at radius 2 is 1.57 bits per heavy atom. The molecule has 2 saturated heterocycles. The van der Waals surface area contributed by atoms with E-state index in [1.807, 2.05) is 18.2 Å². The standard InChI is InChI=1S/C15H20ClNO4S2/c16-13-3-1-2-12(8-13)9-17(14-4-6-22(18,19)10-14)15-5-7-23(20,21)11-15/h1-3,8,14-15H,4-7,9-11H2/t14-,15+. The highest BCUT2D eigenvalue weighted by Gasteiger charge is 2.39. The van der Waals surface area contributed by atoms with Gasteiger partial charge in [0.25, 0.3) is 0 Å². The third-order valence-corrected chi connectivity index (χ3v) is 8.34. The number of halogens is 1. The van der Waals surface area contributed by atoms with E-state index in [4.69, 9.17) is 11.6 Å². The summed E-state index contributed by atoms with van der Waals surface area (Å²) in [6.07, 6.45) is 1.14. The van der Waals surface area contributed by atoms with Crippen LogP contribution in [0.5, 0.6) is 0 Å². The predicted octanol–water partition coefficient (Wildman–Crippen LogP) is 1.52. The van der Waals surface area contributed by atoms with E-state index in [2.05, 4.69) is 4.90 Å². The van der Waals surface area contributed by atoms with Gasteiger partial charge in [-0.1, -0.05) is 23.7 Å². The maximum atomic E-state index is 11.8. The number of nitrogens with zero attached hydrogens (tertiary/aromatic N) is 1. The first-order valence-electron chi connectivity index (χ1n) is 7.65. The van der Waals surface area contributed by atoms with Crippen molar-refractivity contribution < 1.29 is 16.8 Å². The molecule has 2 fully saturated rings. The summed E-state index contributed by atoms with van der Waals surface area (Å²) in [5.74, 6) is 0.598. The first-order valence-corrected chi connectivity index (χ1v) is 11.7. The topological polar surface area (TPSA) is 71.5 Å². The zero-order valence-electron chi connectivity index (χ0n) is 12.7. The SMILES string of the molecule is O=S1(=O)CC[C@@H](N(Cc2cccc(Cl)c2)[C@H]2CCS(=O)(=O)C2)C1. The minimum Gasteiger partial charge on any atom is -0.291 e. The molecular weight excluding hydrogens is 358 g/mol. The van der Waals surface area contributed by atoms with Gasteiger partial charge in [0.1, 0.15) is 0 Å². The molecule has 2 heterocycles. The summed E-state index contributed by atoms with van der Waals surface area (Å²) >= 11 is 6.03. The van der Waals surface area contributed by atoms with Crippen molar-refractivity contribution >= 4 is 31.3 Å². The zero-order valence-corrected chi connectivity index (χ0v) is 15.1. The fourth-order valence-electron chi connectivity index (χ4n) is 3.48. The third kappa shape index (κ3) is 4.26. The van der Waals surface area contributed by atoms with Crippen molar-refractivity contribution in [2.75, 3.05) is 23.0 Å². The van der Waals surface area contributed by atoms with Crippen LogP contribution < -0.4 is 0 Å². The minimum atomic E-state index is -3.02. The van der Waals surface area contributed by atoms with Gasteiger partial charge in [0.05, 0.1) is 23.0 Å². The van der Waals surface area contributed by atoms with Crippen molar-refractivity contribution in [3.05, 3.63) is 34.9 Å². The molecule has 0 bridgehead atoms. The van der Waals surface area contributed by atoms with Gasteiger partial charge in [0.2, 0.25) is 0 Å². The molecule has 3 rings (SSSR count). The zero-order chi connectivity index (χ0) is 16.7. The molecule has 2 atom stereocenters. The lowest BCUT2D eigenvalue weighted by atomic mass is 10.1. The lowest BCUT2D eigenvalue weighted by Gasteiger charge is -2.33. The molecule has 1 aromatic rings. The van der Waals surface area contributed by atoms with Gasteiger partial charge in [-0.2, -0.15) is 0 Å². The Morgan fingerprint density at radius 1 is 1.00 bits per heavy atom. The molecular formula is C15H20ClNO4S2. The van der Waals surface area contributed by atoms with Gasteiger partial charge in [0, 0.05) is 23.7 Å². The molecule has 0 N–H and O–H groups in total. The molecule has 8 heteroatoms. The van der Waals surface area contributed by atoms with E-state index in [1.54, 1.807) is 6.07 Å². The molecule has 0 unspecified atom stereocenters. The highest BCUT2D eigenvalue weighted by molar-refractivity contribution is 7.92. The van der Waals surface area contributed by atoms with Crippen LogP contribution in [0, 0.1) is 0 Å². The Balaban J connectivity index is 1.84. The summed E-state index contributed by atoms with van der Waals surface area (Å²) in [5, 5.41) is 0.625. The van der Waals surface area contributed by atoms with Crippen molar-refractivity contribution in [3.8, 4) is 0 Å². The van der Waals surface area contributed by atoms with Gasteiger partial charge >= 0.3 is 0 Å². The fraction of sp³-hybridized carbons (Fsp3) is 0.600. The Morgan fingerprint density at radius 3 is 2.00 bits per heavy atom. The van der Waals surface area contributed by atoms with E-state index >= 15 is 0 Å². The molecule has 0 amide bonds. The second-order valence-corrected chi connectivity index (χ2v) is 11.3. The van der Waals surface area contributed by atoms with Gasteiger partial charge < -0.3 is 0 Å². The maximum Gasteiger partial charge on any atom is 0.151 e. The van der Waals surface area contributed by atoms with E-state index in [0.717, 1.165) is 5.56 Å². The highest BCUT2D eigenvalue weighted by atomic mass is 35.5. The Kier molecular flexibility index (Phi) is 4.75. The maximum absolute atomic E-state index is 11.8. The summed E-state index contributed by atoms with van der Waals surface area (Å²) in [4.78, 5) is 2.07. The van der Waals surface area contributed by atoms with Crippen LogP contribution in [0.2, 0.25) is 5.02 Å². The largest absolute Gasteiger partial charge is 0.291 e. The third-order valence-electron chi connectivity index (χ3n) is 4.61. The quantitative estimate of drug-likeness (QED) is 0.795. The van der Waals surface area contributed by atoms with Gasteiger partial charge in [-0.05, 0) is 30.5 Å². The van der Waals surface area contributed by atoms with Gasteiger partial charge in [-0.25, -0.2) is 16.8 Å². The number of hydrogen-bond donors (Lipinski definition) is 0. The van der Waals surface area contributed by atoms with E-state index in [-0.39, 0.29) is 35.1 Å². The van der Waals surface area contributed by atoms with Crippen molar-refractivity contribution in [3.63, 3.8) is 0 Å². The number of sulfone groups is 2. The summed E-state index contributed by atoms with van der Waals surface area (Å²) in [7, 11) is -6.03. The highest BCUT2D eigenvalue weighted by Crippen LogP contribution is 2.28. The molecule has 23 heavy (non-hydrogen) atoms. The van der Waals surface area contributed by atoms with Crippen LogP contribution in [-0.4, -0.2) is 56.8 Å². The molecule has 0 saturated carbocycles. The fourth-order valence-corrected chi connectivity index (χ4v) is 7.17. The number of hydrogen-bond acceptors (Lipinski definition) is 5. The van der Waals surface area contributed by atoms with Crippen LogP contribution in [0.25, 0.3) is 0 Å². The smallest absolute Gasteiger partial charge is 0.151 e. The Hall–Kier alpha value is -0.630. The average molecular weight is 378 g/mol. The lowest BCUT2D eigenvalue weighted by Crippen LogP contribution is -2.44. The Bertz CT molecular complexity index is 747. The molecule has 128 valence electrons. The molecule has 0 spiro atoms. The Labute approximate surface area is 142 Å². The summed E-state index contributed by atoms with van der Waals surface area (Å²) in [6, 6.07) is 7.20. The van der Waals surface area contributed by atoms with Crippen LogP contribution in [0.4, 0.5) is 0 Å². The number of benzene rings is 1.